The van der Waals surface area contributed by atoms with E-state index in [9.17, 15) is 13.2 Å². The lowest BCUT2D eigenvalue weighted by molar-refractivity contribution is 0.223. The van der Waals surface area contributed by atoms with Crippen LogP contribution in [0.1, 0.15) is 18.2 Å². The fraction of sp³-hybridized carbons (Fsp3) is 0.615. The summed E-state index contributed by atoms with van der Waals surface area (Å²) in [5.41, 5.74) is 0. The first kappa shape index (κ1) is 15.8. The molecular weight excluding hydrogens is 294 g/mol. The number of sulfone groups is 1. The van der Waals surface area contributed by atoms with Gasteiger partial charge in [-0.25, -0.2) is 13.2 Å². The first-order valence-electron chi connectivity index (χ1n) is 6.82. The molecule has 2 atom stereocenters. The number of carbonyl (C=O) groups is 1. The Morgan fingerprint density at radius 1 is 1.52 bits per heavy atom. The van der Waals surface area contributed by atoms with Crippen LogP contribution in [-0.2, 0) is 9.84 Å². The minimum Gasteiger partial charge on any atom is -0.468 e. The molecule has 2 amide bonds. The Bertz CT molecular complexity index is 568. The minimum atomic E-state index is -2.99. The van der Waals surface area contributed by atoms with Crippen molar-refractivity contribution in [2.75, 3.05) is 32.1 Å². The van der Waals surface area contributed by atoms with E-state index in [2.05, 4.69) is 10.6 Å². The number of carbonyl (C=O) groups excluding carboxylic acids is 1. The topological polar surface area (TPSA) is 91.7 Å². The van der Waals surface area contributed by atoms with Crippen molar-refractivity contribution >= 4 is 15.9 Å². The van der Waals surface area contributed by atoms with Crippen LogP contribution in [0.25, 0.3) is 0 Å². The standard InChI is InChI=1S/C13H21N3O4S/c1-16(2)11(12-4-3-6-20-12)8-14-13(17)15-10-5-7-21(18,19)9-10/h3-4,6,10-11H,5,7-9H2,1-2H3,(H2,14,15,17)/t10-,11+/m1/s1. The van der Waals surface area contributed by atoms with E-state index < -0.39 is 9.84 Å². The van der Waals surface area contributed by atoms with Crippen molar-refractivity contribution in [3.63, 3.8) is 0 Å². The van der Waals surface area contributed by atoms with Gasteiger partial charge in [-0.2, -0.15) is 0 Å². The summed E-state index contributed by atoms with van der Waals surface area (Å²) in [6, 6.07) is 2.94. The SMILES string of the molecule is CN(C)[C@@H](CNC(=O)N[C@@H]1CCS(=O)(=O)C1)c1ccco1. The van der Waals surface area contributed by atoms with Gasteiger partial charge in [0.2, 0.25) is 0 Å². The molecule has 0 aliphatic carbocycles. The van der Waals surface area contributed by atoms with Gasteiger partial charge in [-0.3, -0.25) is 4.90 Å². The Morgan fingerprint density at radius 3 is 2.81 bits per heavy atom. The molecule has 0 bridgehead atoms. The van der Waals surface area contributed by atoms with Crippen LogP contribution in [0, 0.1) is 0 Å². The van der Waals surface area contributed by atoms with Crippen molar-refractivity contribution < 1.29 is 17.6 Å². The molecule has 2 rings (SSSR count). The van der Waals surface area contributed by atoms with E-state index >= 15 is 0 Å². The van der Waals surface area contributed by atoms with Crippen molar-refractivity contribution in [3.8, 4) is 0 Å². The predicted molar refractivity (Wildman–Crippen MR) is 78.7 cm³/mol. The maximum absolute atomic E-state index is 11.8. The van der Waals surface area contributed by atoms with Crippen molar-refractivity contribution in [2.45, 2.75) is 18.5 Å². The molecule has 1 aliphatic rings. The average Bonchev–Trinajstić information content (AvgIpc) is 2.99. The first-order chi connectivity index (χ1) is 9.87. The zero-order valence-electron chi connectivity index (χ0n) is 12.2. The molecule has 0 saturated carbocycles. The van der Waals surface area contributed by atoms with Gasteiger partial charge in [-0.05, 0) is 32.6 Å². The second-order valence-electron chi connectivity index (χ2n) is 5.45. The van der Waals surface area contributed by atoms with Gasteiger partial charge in [0, 0.05) is 12.6 Å². The lowest BCUT2D eigenvalue weighted by Gasteiger charge is -2.23. The van der Waals surface area contributed by atoms with E-state index in [1.165, 1.54) is 0 Å². The molecule has 2 N–H and O–H groups in total. The first-order valence-corrected chi connectivity index (χ1v) is 8.64. The normalized spacial score (nSPS) is 22.1. The lowest BCUT2D eigenvalue weighted by atomic mass is 10.2. The largest absolute Gasteiger partial charge is 0.468 e. The predicted octanol–water partition coefficient (Wildman–Crippen LogP) is 0.369. The number of nitrogens with one attached hydrogen (secondary N) is 2. The van der Waals surface area contributed by atoms with Gasteiger partial charge in [0.1, 0.15) is 5.76 Å². The number of furan rings is 1. The highest BCUT2D eigenvalue weighted by molar-refractivity contribution is 7.91. The van der Waals surface area contributed by atoms with Crippen LogP contribution in [0.2, 0.25) is 0 Å². The zero-order valence-corrected chi connectivity index (χ0v) is 13.0. The van der Waals surface area contributed by atoms with E-state index in [0.717, 1.165) is 5.76 Å². The number of likely N-dealkylation sites (N-methyl/N-ethyl adjacent to an activating group) is 1. The van der Waals surface area contributed by atoms with Crippen molar-refractivity contribution in [1.29, 1.82) is 0 Å². The Labute approximate surface area is 124 Å². The number of urea groups is 1. The highest BCUT2D eigenvalue weighted by Gasteiger charge is 2.29. The van der Waals surface area contributed by atoms with E-state index in [1.54, 1.807) is 12.3 Å². The summed E-state index contributed by atoms with van der Waals surface area (Å²) in [5.74, 6) is 0.934. The van der Waals surface area contributed by atoms with Gasteiger partial charge < -0.3 is 15.1 Å². The number of hydrogen-bond acceptors (Lipinski definition) is 5. The van der Waals surface area contributed by atoms with E-state index in [4.69, 9.17) is 4.42 Å². The Hall–Kier alpha value is -1.54. The molecular formula is C13H21N3O4S. The molecule has 0 spiro atoms. The molecule has 21 heavy (non-hydrogen) atoms. The molecule has 1 saturated heterocycles. The molecule has 0 radical (unpaired) electrons. The monoisotopic (exact) mass is 315 g/mol. The smallest absolute Gasteiger partial charge is 0.315 e. The zero-order chi connectivity index (χ0) is 15.5. The number of nitrogens with zero attached hydrogens (tertiary/aromatic N) is 1. The van der Waals surface area contributed by atoms with Gasteiger partial charge in [-0.15, -0.1) is 0 Å². The molecule has 1 aliphatic heterocycles. The van der Waals surface area contributed by atoms with Crippen LogP contribution >= 0.6 is 0 Å². The molecule has 2 heterocycles. The summed E-state index contributed by atoms with van der Waals surface area (Å²) in [5, 5.41) is 5.46. The van der Waals surface area contributed by atoms with Crippen LogP contribution in [0.5, 0.6) is 0 Å². The fourth-order valence-corrected chi connectivity index (χ4v) is 4.03. The third kappa shape index (κ3) is 4.47. The highest BCUT2D eigenvalue weighted by Crippen LogP contribution is 2.17. The highest BCUT2D eigenvalue weighted by atomic mass is 32.2. The van der Waals surface area contributed by atoms with Gasteiger partial charge >= 0.3 is 6.03 Å². The van der Waals surface area contributed by atoms with Gasteiger partial charge in [-0.1, -0.05) is 0 Å². The number of hydrogen-bond donors (Lipinski definition) is 2. The average molecular weight is 315 g/mol. The van der Waals surface area contributed by atoms with E-state index in [0.29, 0.717) is 13.0 Å². The quantitative estimate of drug-likeness (QED) is 0.819. The summed E-state index contributed by atoms with van der Waals surface area (Å²) in [7, 11) is 0.811. The Morgan fingerprint density at radius 2 is 2.29 bits per heavy atom. The molecule has 8 heteroatoms. The second-order valence-corrected chi connectivity index (χ2v) is 7.68. The second kappa shape index (κ2) is 6.48. The summed E-state index contributed by atoms with van der Waals surface area (Å²) in [6.07, 6.45) is 2.07. The van der Waals surface area contributed by atoms with Gasteiger partial charge in [0.25, 0.3) is 0 Å². The summed E-state index contributed by atoms with van der Waals surface area (Å²) in [6.45, 7) is 0.381. The van der Waals surface area contributed by atoms with E-state index in [-0.39, 0.29) is 29.6 Å². The van der Waals surface area contributed by atoms with Crippen molar-refractivity contribution in [2.24, 2.45) is 0 Å². The van der Waals surface area contributed by atoms with E-state index in [1.807, 2.05) is 25.1 Å². The van der Waals surface area contributed by atoms with Crippen LogP contribution in [0.4, 0.5) is 4.79 Å². The number of amides is 2. The summed E-state index contributed by atoms with van der Waals surface area (Å²) >= 11 is 0. The van der Waals surface area contributed by atoms with Crippen LogP contribution < -0.4 is 10.6 Å². The van der Waals surface area contributed by atoms with Crippen LogP contribution in [0.3, 0.4) is 0 Å². The maximum Gasteiger partial charge on any atom is 0.315 e. The molecule has 0 unspecified atom stereocenters. The third-order valence-electron chi connectivity index (χ3n) is 3.52. The summed E-state index contributed by atoms with van der Waals surface area (Å²) in [4.78, 5) is 13.8. The molecule has 7 nitrogen and oxygen atoms in total. The lowest BCUT2D eigenvalue weighted by Crippen LogP contribution is -2.45. The van der Waals surface area contributed by atoms with Crippen molar-refractivity contribution in [1.82, 2.24) is 15.5 Å². The van der Waals surface area contributed by atoms with Crippen LogP contribution in [-0.4, -0.2) is 57.5 Å². The van der Waals surface area contributed by atoms with Crippen molar-refractivity contribution in [3.05, 3.63) is 24.2 Å². The summed E-state index contributed by atoms with van der Waals surface area (Å²) < 4.78 is 28.0. The van der Waals surface area contributed by atoms with Gasteiger partial charge in [0.05, 0.1) is 23.8 Å². The molecule has 118 valence electrons. The Balaban J connectivity index is 1.83. The molecule has 1 fully saturated rings. The van der Waals surface area contributed by atoms with Gasteiger partial charge in [0.15, 0.2) is 9.84 Å². The maximum atomic E-state index is 11.8. The molecule has 0 aromatic carbocycles. The third-order valence-corrected chi connectivity index (χ3v) is 5.29. The number of rotatable bonds is 5. The fourth-order valence-electron chi connectivity index (χ4n) is 2.35. The Kier molecular flexibility index (Phi) is 4.89. The molecule has 1 aromatic heterocycles. The van der Waals surface area contributed by atoms with Crippen LogP contribution in [0.15, 0.2) is 22.8 Å². The minimum absolute atomic E-state index is 0.0235. The molecule has 1 aromatic rings.